The first-order chi connectivity index (χ1) is 7.13. The summed E-state index contributed by atoms with van der Waals surface area (Å²) in [4.78, 5) is 2.71. The molecule has 0 aromatic rings. The lowest BCUT2D eigenvalue weighted by molar-refractivity contribution is 0.114. The van der Waals surface area contributed by atoms with Crippen molar-refractivity contribution < 1.29 is 0 Å². The average molecular weight is 210 g/mol. The van der Waals surface area contributed by atoms with Gasteiger partial charge in [-0.05, 0) is 31.6 Å². The van der Waals surface area contributed by atoms with Gasteiger partial charge < -0.3 is 5.32 Å². The van der Waals surface area contributed by atoms with Gasteiger partial charge in [0.25, 0.3) is 0 Å². The smallest absolute Gasteiger partial charge is 0.0195 e. The largest absolute Gasteiger partial charge is 0.311 e. The third kappa shape index (κ3) is 2.94. The van der Waals surface area contributed by atoms with Crippen LogP contribution in [-0.4, -0.2) is 36.6 Å². The van der Waals surface area contributed by atoms with Crippen LogP contribution in [0.3, 0.4) is 0 Å². The maximum absolute atomic E-state index is 3.66. The molecule has 2 unspecified atom stereocenters. The molecule has 0 radical (unpaired) electrons. The number of rotatable bonds is 4. The Morgan fingerprint density at radius 2 is 2.13 bits per heavy atom. The number of nitrogens with zero attached hydrogens (tertiary/aromatic N) is 1. The molecule has 0 spiro atoms. The number of nitrogens with one attached hydrogen (secondary N) is 1. The van der Waals surface area contributed by atoms with Crippen molar-refractivity contribution in [3.05, 3.63) is 0 Å². The van der Waals surface area contributed by atoms with Crippen molar-refractivity contribution in [2.75, 3.05) is 19.6 Å². The molecule has 0 aromatic carbocycles. The minimum absolute atomic E-state index is 0.669. The van der Waals surface area contributed by atoms with Crippen LogP contribution in [0.25, 0.3) is 0 Å². The SMILES string of the molecule is CCCC1CN(CC2(C)CC2)C(C)CN1. The maximum Gasteiger partial charge on any atom is 0.0195 e. The Labute approximate surface area is 94.4 Å². The quantitative estimate of drug-likeness (QED) is 0.765. The van der Waals surface area contributed by atoms with E-state index in [2.05, 4.69) is 31.0 Å². The minimum atomic E-state index is 0.669. The van der Waals surface area contributed by atoms with E-state index < -0.39 is 0 Å². The van der Waals surface area contributed by atoms with Gasteiger partial charge in [0.2, 0.25) is 0 Å². The van der Waals surface area contributed by atoms with Gasteiger partial charge in [-0.2, -0.15) is 0 Å². The van der Waals surface area contributed by atoms with E-state index in [4.69, 9.17) is 0 Å². The summed E-state index contributed by atoms with van der Waals surface area (Å²) in [5.74, 6) is 0. The molecular weight excluding hydrogens is 184 g/mol. The van der Waals surface area contributed by atoms with Crippen molar-refractivity contribution in [1.82, 2.24) is 10.2 Å². The lowest BCUT2D eigenvalue weighted by Crippen LogP contribution is -2.56. The van der Waals surface area contributed by atoms with E-state index in [0.29, 0.717) is 5.41 Å². The van der Waals surface area contributed by atoms with E-state index in [1.165, 1.54) is 45.3 Å². The van der Waals surface area contributed by atoms with Crippen molar-refractivity contribution in [1.29, 1.82) is 0 Å². The minimum Gasteiger partial charge on any atom is -0.311 e. The molecule has 2 fully saturated rings. The molecule has 15 heavy (non-hydrogen) atoms. The summed E-state index contributed by atoms with van der Waals surface area (Å²) < 4.78 is 0. The van der Waals surface area contributed by atoms with Crippen LogP contribution in [0.5, 0.6) is 0 Å². The standard InChI is InChI=1S/C13H26N2/c1-4-5-12-9-15(11(2)8-14-12)10-13(3)6-7-13/h11-12,14H,4-10H2,1-3H3. The van der Waals surface area contributed by atoms with E-state index in [1.807, 2.05) is 0 Å². The van der Waals surface area contributed by atoms with Gasteiger partial charge in [0.15, 0.2) is 0 Å². The summed E-state index contributed by atoms with van der Waals surface area (Å²) in [5.41, 5.74) is 0.669. The van der Waals surface area contributed by atoms with Crippen molar-refractivity contribution in [2.45, 2.75) is 58.5 Å². The molecule has 1 saturated heterocycles. The summed E-state index contributed by atoms with van der Waals surface area (Å²) in [7, 11) is 0. The van der Waals surface area contributed by atoms with Crippen molar-refractivity contribution in [3.8, 4) is 0 Å². The highest BCUT2D eigenvalue weighted by Gasteiger charge is 2.40. The molecule has 1 aliphatic carbocycles. The summed E-state index contributed by atoms with van der Waals surface area (Å²) in [6.45, 7) is 10.9. The molecule has 1 heterocycles. The topological polar surface area (TPSA) is 15.3 Å². The van der Waals surface area contributed by atoms with Gasteiger partial charge in [-0.1, -0.05) is 20.3 Å². The highest BCUT2D eigenvalue weighted by molar-refractivity contribution is 4.94. The lowest BCUT2D eigenvalue weighted by Gasteiger charge is -2.40. The van der Waals surface area contributed by atoms with Gasteiger partial charge in [0.05, 0.1) is 0 Å². The first-order valence-electron chi connectivity index (χ1n) is 6.60. The highest BCUT2D eigenvalue weighted by Crippen LogP contribution is 2.45. The first kappa shape index (κ1) is 11.4. The molecule has 1 saturated carbocycles. The van der Waals surface area contributed by atoms with Crippen LogP contribution in [0.15, 0.2) is 0 Å². The van der Waals surface area contributed by atoms with Gasteiger partial charge in [-0.25, -0.2) is 0 Å². The fraction of sp³-hybridized carbons (Fsp3) is 1.00. The molecule has 2 atom stereocenters. The monoisotopic (exact) mass is 210 g/mol. The number of hydrogen-bond acceptors (Lipinski definition) is 2. The lowest BCUT2D eigenvalue weighted by atomic mass is 10.0. The van der Waals surface area contributed by atoms with Crippen LogP contribution < -0.4 is 5.32 Å². The normalized spacial score (nSPS) is 35.4. The van der Waals surface area contributed by atoms with Gasteiger partial charge in [0, 0.05) is 31.7 Å². The van der Waals surface area contributed by atoms with E-state index in [-0.39, 0.29) is 0 Å². The highest BCUT2D eigenvalue weighted by atomic mass is 15.2. The molecule has 2 aliphatic rings. The Morgan fingerprint density at radius 3 is 2.73 bits per heavy atom. The van der Waals surface area contributed by atoms with E-state index in [1.54, 1.807) is 0 Å². The van der Waals surface area contributed by atoms with E-state index >= 15 is 0 Å². The Hall–Kier alpha value is -0.0800. The Morgan fingerprint density at radius 1 is 1.40 bits per heavy atom. The van der Waals surface area contributed by atoms with Crippen LogP contribution in [0.2, 0.25) is 0 Å². The fourth-order valence-corrected chi connectivity index (χ4v) is 2.62. The van der Waals surface area contributed by atoms with Gasteiger partial charge in [-0.15, -0.1) is 0 Å². The molecule has 2 nitrogen and oxygen atoms in total. The maximum atomic E-state index is 3.66. The molecule has 88 valence electrons. The predicted molar refractivity (Wildman–Crippen MR) is 65.1 cm³/mol. The van der Waals surface area contributed by atoms with Crippen LogP contribution in [0.4, 0.5) is 0 Å². The van der Waals surface area contributed by atoms with Crippen molar-refractivity contribution in [3.63, 3.8) is 0 Å². The zero-order valence-electron chi connectivity index (χ0n) is 10.6. The number of hydrogen-bond donors (Lipinski definition) is 1. The van der Waals surface area contributed by atoms with Gasteiger partial charge in [-0.3, -0.25) is 4.90 Å². The Balaban J connectivity index is 1.84. The summed E-state index contributed by atoms with van der Waals surface area (Å²) in [6.07, 6.45) is 5.53. The van der Waals surface area contributed by atoms with Gasteiger partial charge in [0.1, 0.15) is 0 Å². The van der Waals surface area contributed by atoms with E-state index in [9.17, 15) is 0 Å². The zero-order valence-corrected chi connectivity index (χ0v) is 10.6. The molecule has 1 aliphatic heterocycles. The first-order valence-corrected chi connectivity index (χ1v) is 6.60. The molecule has 0 bridgehead atoms. The van der Waals surface area contributed by atoms with Crippen LogP contribution in [0.1, 0.15) is 46.5 Å². The molecule has 0 amide bonds. The molecule has 2 rings (SSSR count). The second-order valence-corrected chi connectivity index (χ2v) is 5.98. The summed E-state index contributed by atoms with van der Waals surface area (Å²) >= 11 is 0. The van der Waals surface area contributed by atoms with Crippen LogP contribution in [-0.2, 0) is 0 Å². The molecule has 2 heteroatoms. The Bertz CT molecular complexity index is 211. The van der Waals surface area contributed by atoms with Crippen LogP contribution >= 0.6 is 0 Å². The average Bonchev–Trinajstić information content (AvgIpc) is 2.90. The fourth-order valence-electron chi connectivity index (χ4n) is 2.62. The molecular formula is C13H26N2. The molecule has 1 N–H and O–H groups in total. The zero-order chi connectivity index (χ0) is 10.9. The Kier molecular flexibility index (Phi) is 3.36. The van der Waals surface area contributed by atoms with Crippen LogP contribution in [0, 0.1) is 5.41 Å². The second kappa shape index (κ2) is 4.42. The van der Waals surface area contributed by atoms with E-state index in [0.717, 1.165) is 12.1 Å². The third-order valence-electron chi connectivity index (χ3n) is 4.11. The predicted octanol–water partition coefficient (Wildman–Crippen LogP) is 2.25. The third-order valence-corrected chi connectivity index (χ3v) is 4.11. The summed E-state index contributed by atoms with van der Waals surface area (Å²) in [6, 6.07) is 1.48. The van der Waals surface area contributed by atoms with Crippen molar-refractivity contribution in [2.24, 2.45) is 5.41 Å². The van der Waals surface area contributed by atoms with Gasteiger partial charge >= 0.3 is 0 Å². The van der Waals surface area contributed by atoms with Crippen molar-refractivity contribution >= 4 is 0 Å². The summed E-state index contributed by atoms with van der Waals surface area (Å²) in [5, 5.41) is 3.66. The second-order valence-electron chi connectivity index (χ2n) is 5.98. The number of piperazine rings is 1. The molecule has 0 aromatic heterocycles.